The van der Waals surface area contributed by atoms with Crippen LogP contribution >= 0.6 is 0 Å². The Balaban J connectivity index is 1.75. The molecule has 0 saturated carbocycles. The molecule has 0 amide bonds. The van der Waals surface area contributed by atoms with Gasteiger partial charge in [-0.25, -0.2) is 4.79 Å². The van der Waals surface area contributed by atoms with Crippen molar-refractivity contribution in [2.24, 2.45) is 7.05 Å². The summed E-state index contributed by atoms with van der Waals surface area (Å²) in [6, 6.07) is 5.10. The highest BCUT2D eigenvalue weighted by Crippen LogP contribution is 2.07. The molecule has 6 nitrogen and oxygen atoms in total. The van der Waals surface area contributed by atoms with Crippen LogP contribution in [0.3, 0.4) is 0 Å². The van der Waals surface area contributed by atoms with E-state index >= 15 is 0 Å². The molecule has 0 atom stereocenters. The summed E-state index contributed by atoms with van der Waals surface area (Å²) in [7, 11) is 1.90. The molecule has 0 saturated heterocycles. The quantitative estimate of drug-likeness (QED) is 0.748. The van der Waals surface area contributed by atoms with E-state index in [1.54, 1.807) is 12.3 Å². The SMILES string of the molecule is Cn1nccc1CCNCc1ccc(C(=O)O)o1. The molecule has 0 fully saturated rings. The fourth-order valence-electron chi connectivity index (χ4n) is 1.66. The van der Waals surface area contributed by atoms with Gasteiger partial charge in [0.25, 0.3) is 0 Å². The van der Waals surface area contributed by atoms with Crippen molar-refractivity contribution in [1.29, 1.82) is 0 Å². The second-order valence-corrected chi connectivity index (χ2v) is 3.94. The molecule has 18 heavy (non-hydrogen) atoms. The first-order valence-corrected chi connectivity index (χ1v) is 5.66. The van der Waals surface area contributed by atoms with Crippen LogP contribution in [0.25, 0.3) is 0 Å². The fraction of sp³-hybridized carbons (Fsp3) is 0.333. The van der Waals surface area contributed by atoms with Crippen LogP contribution in [0.5, 0.6) is 0 Å². The van der Waals surface area contributed by atoms with Gasteiger partial charge in [0.2, 0.25) is 5.76 Å². The lowest BCUT2D eigenvalue weighted by Gasteiger charge is -2.03. The van der Waals surface area contributed by atoms with Crippen LogP contribution in [-0.4, -0.2) is 27.4 Å². The number of carbonyl (C=O) groups is 1. The molecule has 0 aliphatic carbocycles. The average molecular weight is 249 g/mol. The van der Waals surface area contributed by atoms with Crippen LogP contribution in [0, 0.1) is 0 Å². The molecule has 0 spiro atoms. The number of furan rings is 1. The minimum atomic E-state index is -1.05. The van der Waals surface area contributed by atoms with Gasteiger partial charge in [-0.2, -0.15) is 5.10 Å². The zero-order chi connectivity index (χ0) is 13.0. The molecule has 6 heteroatoms. The van der Waals surface area contributed by atoms with Crippen LogP contribution in [0.4, 0.5) is 0 Å². The van der Waals surface area contributed by atoms with E-state index in [4.69, 9.17) is 9.52 Å². The second-order valence-electron chi connectivity index (χ2n) is 3.94. The number of aromatic nitrogens is 2. The van der Waals surface area contributed by atoms with Crippen LogP contribution in [0.1, 0.15) is 22.0 Å². The third-order valence-corrected chi connectivity index (χ3v) is 2.65. The number of aromatic carboxylic acids is 1. The van der Waals surface area contributed by atoms with Crippen LogP contribution in [0.15, 0.2) is 28.8 Å². The van der Waals surface area contributed by atoms with Crippen LogP contribution < -0.4 is 5.32 Å². The predicted octanol–water partition coefficient (Wildman–Crippen LogP) is 1.04. The summed E-state index contributed by atoms with van der Waals surface area (Å²) in [4.78, 5) is 10.6. The minimum Gasteiger partial charge on any atom is -0.475 e. The Bertz CT molecular complexity index is 530. The molecule has 2 rings (SSSR count). The van der Waals surface area contributed by atoms with E-state index in [-0.39, 0.29) is 5.76 Å². The number of hydrogen-bond acceptors (Lipinski definition) is 4. The average Bonchev–Trinajstić information content (AvgIpc) is 2.94. The van der Waals surface area contributed by atoms with Gasteiger partial charge in [-0.1, -0.05) is 0 Å². The first-order valence-electron chi connectivity index (χ1n) is 5.66. The van der Waals surface area contributed by atoms with Crippen molar-refractivity contribution in [3.05, 3.63) is 41.6 Å². The molecule has 2 aromatic rings. The first-order chi connectivity index (χ1) is 8.66. The van der Waals surface area contributed by atoms with Gasteiger partial charge in [0.05, 0.1) is 6.54 Å². The molecule has 0 aliphatic heterocycles. The lowest BCUT2D eigenvalue weighted by Crippen LogP contribution is -2.17. The fourth-order valence-corrected chi connectivity index (χ4v) is 1.66. The summed E-state index contributed by atoms with van der Waals surface area (Å²) < 4.78 is 6.96. The predicted molar refractivity (Wildman–Crippen MR) is 64.3 cm³/mol. The van der Waals surface area contributed by atoms with Crippen molar-refractivity contribution in [1.82, 2.24) is 15.1 Å². The van der Waals surface area contributed by atoms with Crippen molar-refractivity contribution < 1.29 is 14.3 Å². The van der Waals surface area contributed by atoms with E-state index in [9.17, 15) is 4.79 Å². The van der Waals surface area contributed by atoms with E-state index in [1.165, 1.54) is 6.07 Å². The lowest BCUT2D eigenvalue weighted by atomic mass is 10.3. The summed E-state index contributed by atoms with van der Waals surface area (Å²) in [5.41, 5.74) is 1.15. The maximum atomic E-state index is 10.6. The first kappa shape index (κ1) is 12.4. The molecule has 0 unspecified atom stereocenters. The molecule has 0 aromatic carbocycles. The maximum absolute atomic E-state index is 10.6. The lowest BCUT2D eigenvalue weighted by molar-refractivity contribution is 0.0660. The highest BCUT2D eigenvalue weighted by atomic mass is 16.4. The Morgan fingerprint density at radius 3 is 2.94 bits per heavy atom. The Labute approximate surface area is 104 Å². The molecular formula is C12H15N3O3. The normalized spacial score (nSPS) is 10.7. The van der Waals surface area contributed by atoms with Gasteiger partial charge < -0.3 is 14.8 Å². The van der Waals surface area contributed by atoms with E-state index in [0.29, 0.717) is 12.3 Å². The zero-order valence-electron chi connectivity index (χ0n) is 10.1. The van der Waals surface area contributed by atoms with Gasteiger partial charge in [-0.05, 0) is 18.2 Å². The van der Waals surface area contributed by atoms with Crippen molar-refractivity contribution in [3.8, 4) is 0 Å². The number of nitrogens with zero attached hydrogens (tertiary/aromatic N) is 2. The summed E-state index contributed by atoms with van der Waals surface area (Å²) in [5, 5.41) is 16.0. The Kier molecular flexibility index (Phi) is 3.78. The van der Waals surface area contributed by atoms with Crippen molar-refractivity contribution in [2.75, 3.05) is 6.54 Å². The Morgan fingerprint density at radius 2 is 2.33 bits per heavy atom. The Morgan fingerprint density at radius 1 is 1.50 bits per heavy atom. The van der Waals surface area contributed by atoms with Gasteiger partial charge in [-0.15, -0.1) is 0 Å². The third-order valence-electron chi connectivity index (χ3n) is 2.65. The molecular weight excluding hydrogens is 234 g/mol. The molecule has 0 radical (unpaired) electrons. The topological polar surface area (TPSA) is 80.3 Å². The van der Waals surface area contributed by atoms with Gasteiger partial charge in [0, 0.05) is 31.9 Å². The highest BCUT2D eigenvalue weighted by Gasteiger charge is 2.08. The van der Waals surface area contributed by atoms with E-state index in [2.05, 4.69) is 10.4 Å². The van der Waals surface area contributed by atoms with Crippen molar-refractivity contribution in [2.45, 2.75) is 13.0 Å². The largest absolute Gasteiger partial charge is 0.475 e. The number of carboxylic acid groups (broad SMARTS) is 1. The van der Waals surface area contributed by atoms with Crippen molar-refractivity contribution in [3.63, 3.8) is 0 Å². The number of nitrogens with one attached hydrogen (secondary N) is 1. The number of rotatable bonds is 6. The van der Waals surface area contributed by atoms with E-state index in [1.807, 2.05) is 17.8 Å². The van der Waals surface area contributed by atoms with Crippen LogP contribution in [-0.2, 0) is 20.0 Å². The zero-order valence-corrected chi connectivity index (χ0v) is 10.1. The molecule has 2 heterocycles. The van der Waals surface area contributed by atoms with Crippen LogP contribution in [0.2, 0.25) is 0 Å². The number of hydrogen-bond donors (Lipinski definition) is 2. The molecule has 0 bridgehead atoms. The second kappa shape index (κ2) is 5.50. The molecule has 2 aromatic heterocycles. The Hall–Kier alpha value is -2.08. The molecule has 2 N–H and O–H groups in total. The van der Waals surface area contributed by atoms with Gasteiger partial charge in [0.15, 0.2) is 0 Å². The smallest absolute Gasteiger partial charge is 0.371 e. The maximum Gasteiger partial charge on any atom is 0.371 e. The van der Waals surface area contributed by atoms with Crippen molar-refractivity contribution >= 4 is 5.97 Å². The number of carboxylic acids is 1. The van der Waals surface area contributed by atoms with Gasteiger partial charge in [-0.3, -0.25) is 4.68 Å². The summed E-state index contributed by atoms with van der Waals surface area (Å²) >= 11 is 0. The monoisotopic (exact) mass is 249 g/mol. The van der Waals surface area contributed by atoms with E-state index in [0.717, 1.165) is 18.7 Å². The van der Waals surface area contributed by atoms with E-state index < -0.39 is 5.97 Å². The van der Waals surface area contributed by atoms with Gasteiger partial charge >= 0.3 is 5.97 Å². The molecule has 0 aliphatic rings. The molecule has 96 valence electrons. The third kappa shape index (κ3) is 2.98. The summed E-state index contributed by atoms with van der Waals surface area (Å²) in [6.07, 6.45) is 2.63. The number of aryl methyl sites for hydroxylation is 1. The summed E-state index contributed by atoms with van der Waals surface area (Å²) in [6.45, 7) is 1.30. The summed E-state index contributed by atoms with van der Waals surface area (Å²) in [5.74, 6) is -0.452. The van der Waals surface area contributed by atoms with Gasteiger partial charge in [0.1, 0.15) is 5.76 Å². The standard InChI is InChI=1S/C12H15N3O3/c1-15-9(5-7-14-15)4-6-13-8-10-2-3-11(18-10)12(16)17/h2-3,5,7,13H,4,6,8H2,1H3,(H,16,17). The highest BCUT2D eigenvalue weighted by molar-refractivity contribution is 5.84. The minimum absolute atomic E-state index is 0.0292.